The van der Waals surface area contributed by atoms with E-state index in [9.17, 15) is 8.42 Å². The minimum Gasteiger partial charge on any atom is -0.312 e. The second kappa shape index (κ2) is 6.97. The molecule has 1 N–H and O–H groups in total. The Morgan fingerprint density at radius 1 is 1.33 bits per heavy atom. The summed E-state index contributed by atoms with van der Waals surface area (Å²) in [5.74, 6) is 0. The van der Waals surface area contributed by atoms with Crippen LogP contribution in [0.1, 0.15) is 22.5 Å². The van der Waals surface area contributed by atoms with Gasteiger partial charge in [0.2, 0.25) is 10.0 Å². The summed E-state index contributed by atoms with van der Waals surface area (Å²) in [5, 5.41) is 7.73. The van der Waals surface area contributed by atoms with E-state index in [0.717, 1.165) is 22.1 Å². The van der Waals surface area contributed by atoms with Crippen LogP contribution >= 0.6 is 22.7 Å². The third kappa shape index (κ3) is 4.10. The molecule has 0 fully saturated rings. The lowest BCUT2D eigenvalue weighted by Gasteiger charge is -2.14. The molecule has 0 aliphatic carbocycles. The molecule has 0 unspecified atom stereocenters. The molecule has 0 spiro atoms. The Morgan fingerprint density at radius 3 is 2.71 bits per heavy atom. The largest absolute Gasteiger partial charge is 0.312 e. The molecule has 2 aromatic heterocycles. The van der Waals surface area contributed by atoms with Crippen LogP contribution in [-0.2, 0) is 23.1 Å². The van der Waals surface area contributed by atoms with Crippen molar-refractivity contribution in [3.8, 4) is 0 Å². The number of sulfonamides is 1. The second-order valence-electron chi connectivity index (χ2n) is 4.65. The molecule has 0 bridgehead atoms. The first-order valence-corrected chi connectivity index (χ1v) is 9.79. The molecule has 5 nitrogen and oxygen atoms in total. The summed E-state index contributed by atoms with van der Waals surface area (Å²) in [7, 11) is -1.86. The molecule has 0 atom stereocenters. The average molecular weight is 346 g/mol. The maximum absolute atomic E-state index is 12.5. The summed E-state index contributed by atoms with van der Waals surface area (Å²) < 4.78 is 26.4. The second-order valence-corrected chi connectivity index (χ2v) is 8.75. The normalized spacial score (nSPS) is 12.2. The maximum Gasteiger partial charge on any atom is 0.244 e. The molecule has 0 aliphatic heterocycles. The van der Waals surface area contributed by atoms with E-state index in [1.54, 1.807) is 18.5 Å². The van der Waals surface area contributed by atoms with Crippen molar-refractivity contribution in [3.63, 3.8) is 0 Å². The zero-order chi connectivity index (χ0) is 15.5. The van der Waals surface area contributed by atoms with Crippen molar-refractivity contribution < 1.29 is 8.42 Å². The van der Waals surface area contributed by atoms with E-state index in [0.29, 0.717) is 18.0 Å². The lowest BCUT2D eigenvalue weighted by molar-refractivity contribution is 0.463. The molecule has 0 saturated carbocycles. The van der Waals surface area contributed by atoms with Crippen LogP contribution in [-0.4, -0.2) is 31.3 Å². The van der Waals surface area contributed by atoms with Gasteiger partial charge < -0.3 is 5.32 Å². The maximum atomic E-state index is 12.5. The fourth-order valence-electron chi connectivity index (χ4n) is 1.81. The van der Waals surface area contributed by atoms with Crippen molar-refractivity contribution in [2.24, 2.45) is 0 Å². The summed E-state index contributed by atoms with van der Waals surface area (Å²) in [6.45, 7) is 5.79. The van der Waals surface area contributed by atoms with Crippen molar-refractivity contribution in [1.82, 2.24) is 14.6 Å². The Bertz CT molecular complexity index is 691. The van der Waals surface area contributed by atoms with Crippen LogP contribution in [0.4, 0.5) is 0 Å². The van der Waals surface area contributed by atoms with Crippen LogP contribution in [0.15, 0.2) is 21.7 Å². The van der Waals surface area contributed by atoms with E-state index in [1.807, 2.05) is 19.2 Å². The number of thiophene rings is 1. The van der Waals surface area contributed by atoms with E-state index in [-0.39, 0.29) is 0 Å². The third-order valence-corrected chi connectivity index (χ3v) is 6.63. The summed E-state index contributed by atoms with van der Waals surface area (Å²) in [5.41, 5.74) is 0.784. The minimum atomic E-state index is -3.45. The Balaban J connectivity index is 2.11. The number of nitrogens with zero attached hydrogens (tertiary/aromatic N) is 2. The number of hydrogen-bond donors (Lipinski definition) is 1. The molecule has 0 aliphatic rings. The van der Waals surface area contributed by atoms with Crippen LogP contribution < -0.4 is 5.32 Å². The molecule has 21 heavy (non-hydrogen) atoms. The first-order valence-electron chi connectivity index (χ1n) is 6.59. The van der Waals surface area contributed by atoms with Gasteiger partial charge in [0.25, 0.3) is 0 Å². The van der Waals surface area contributed by atoms with E-state index >= 15 is 0 Å². The van der Waals surface area contributed by atoms with Crippen molar-refractivity contribution >= 4 is 32.7 Å². The van der Waals surface area contributed by atoms with Gasteiger partial charge in [0, 0.05) is 29.2 Å². The van der Waals surface area contributed by atoms with Gasteiger partial charge in [-0.05, 0) is 19.5 Å². The lowest BCUT2D eigenvalue weighted by atomic mass is 10.4. The van der Waals surface area contributed by atoms with E-state index in [1.165, 1.54) is 27.0 Å². The molecule has 0 aromatic carbocycles. The molecule has 0 radical (unpaired) electrons. The van der Waals surface area contributed by atoms with Crippen molar-refractivity contribution in [2.45, 2.75) is 31.8 Å². The predicted molar refractivity (Wildman–Crippen MR) is 87.2 cm³/mol. The van der Waals surface area contributed by atoms with E-state index < -0.39 is 10.0 Å². The number of thiazole rings is 1. The summed E-state index contributed by atoms with van der Waals surface area (Å²) >= 11 is 2.99. The van der Waals surface area contributed by atoms with Gasteiger partial charge in [-0.25, -0.2) is 13.4 Å². The molecule has 2 rings (SSSR count). The zero-order valence-electron chi connectivity index (χ0n) is 12.3. The van der Waals surface area contributed by atoms with Crippen LogP contribution in [0.25, 0.3) is 0 Å². The molecule has 0 saturated heterocycles. The van der Waals surface area contributed by atoms with Crippen LogP contribution in [0.5, 0.6) is 0 Å². The molecule has 116 valence electrons. The average Bonchev–Trinajstić information content (AvgIpc) is 3.06. The molecule has 2 aromatic rings. The van der Waals surface area contributed by atoms with Gasteiger partial charge in [0.05, 0.1) is 22.1 Å². The first kappa shape index (κ1) is 16.6. The van der Waals surface area contributed by atoms with Crippen LogP contribution in [0, 0.1) is 6.92 Å². The van der Waals surface area contributed by atoms with Gasteiger partial charge in [-0.2, -0.15) is 4.31 Å². The van der Waals surface area contributed by atoms with Crippen LogP contribution in [0.3, 0.4) is 0 Å². The zero-order valence-corrected chi connectivity index (χ0v) is 14.7. The monoisotopic (exact) mass is 345 g/mol. The van der Waals surface area contributed by atoms with E-state index in [4.69, 9.17) is 0 Å². The Hall–Kier alpha value is -0.800. The van der Waals surface area contributed by atoms with Crippen molar-refractivity contribution in [3.05, 3.63) is 32.4 Å². The fraction of sp³-hybridized carbons (Fsp3) is 0.462. The van der Waals surface area contributed by atoms with Crippen molar-refractivity contribution in [1.29, 1.82) is 0 Å². The van der Waals surface area contributed by atoms with Gasteiger partial charge in [-0.1, -0.05) is 6.92 Å². The molecule has 2 heterocycles. The highest BCUT2D eigenvalue weighted by molar-refractivity contribution is 7.89. The summed E-state index contributed by atoms with van der Waals surface area (Å²) in [6.07, 6.45) is 0. The molecular weight excluding hydrogens is 326 g/mol. The summed E-state index contributed by atoms with van der Waals surface area (Å²) in [6, 6.07) is 1.74. The third-order valence-electron chi connectivity index (χ3n) is 2.94. The molecular formula is C13H19N3O2S3. The van der Waals surface area contributed by atoms with Gasteiger partial charge in [-0.15, -0.1) is 22.7 Å². The van der Waals surface area contributed by atoms with Crippen molar-refractivity contribution in [2.75, 3.05) is 13.6 Å². The highest BCUT2D eigenvalue weighted by atomic mass is 32.2. The number of nitrogens with one attached hydrogen (secondary N) is 1. The number of rotatable bonds is 7. The topological polar surface area (TPSA) is 62.3 Å². The predicted octanol–water partition coefficient (Wildman–Crippen LogP) is 2.44. The number of aryl methyl sites for hydroxylation is 1. The van der Waals surface area contributed by atoms with E-state index in [2.05, 4.69) is 10.3 Å². The van der Waals surface area contributed by atoms with Gasteiger partial charge >= 0.3 is 0 Å². The highest BCUT2D eigenvalue weighted by Gasteiger charge is 2.23. The van der Waals surface area contributed by atoms with Gasteiger partial charge in [0.1, 0.15) is 0 Å². The molecule has 8 heteroatoms. The Labute approximate surface area is 133 Å². The van der Waals surface area contributed by atoms with Gasteiger partial charge in [-0.3, -0.25) is 0 Å². The standard InChI is InChI=1S/C13H19N3O2S3/c1-4-14-6-12-5-13(9-20-12)21(17,18)16(3)7-11-8-19-10(2)15-11/h5,8-9,14H,4,6-7H2,1-3H3. The van der Waals surface area contributed by atoms with Gasteiger partial charge in [0.15, 0.2) is 0 Å². The Kier molecular flexibility index (Phi) is 5.50. The quantitative estimate of drug-likeness (QED) is 0.837. The smallest absolute Gasteiger partial charge is 0.244 e. The number of aromatic nitrogens is 1. The van der Waals surface area contributed by atoms with Crippen LogP contribution in [0.2, 0.25) is 0 Å². The fourth-order valence-corrected chi connectivity index (χ4v) is 4.79. The minimum absolute atomic E-state index is 0.297. The highest BCUT2D eigenvalue weighted by Crippen LogP contribution is 2.23. The first-order chi connectivity index (χ1) is 9.93. The lowest BCUT2D eigenvalue weighted by Crippen LogP contribution is -2.26. The molecule has 0 amide bonds. The Morgan fingerprint density at radius 2 is 2.10 bits per heavy atom. The number of hydrogen-bond acceptors (Lipinski definition) is 6. The SMILES string of the molecule is CCNCc1cc(S(=O)(=O)N(C)Cc2csc(C)n2)cs1. The summed E-state index contributed by atoms with van der Waals surface area (Å²) in [4.78, 5) is 5.69.